The van der Waals surface area contributed by atoms with Crippen LogP contribution in [0.2, 0.25) is 0 Å². The molecule has 0 unspecified atom stereocenters. The lowest BCUT2D eigenvalue weighted by molar-refractivity contribution is -0.130. The molecular formula is C25H40N4O2S. The number of nitrogens with zero attached hydrogens (tertiary/aromatic N) is 3. The van der Waals surface area contributed by atoms with Crippen LogP contribution < -0.4 is 5.32 Å². The second kappa shape index (κ2) is 10.5. The number of amides is 3. The Morgan fingerprint density at radius 3 is 2.25 bits per heavy atom. The largest absolute Gasteiger partial charge is 0.336 e. The van der Waals surface area contributed by atoms with Crippen LogP contribution in [0.5, 0.6) is 0 Å². The SMILES string of the molecule is CC[C@H]1S[C@@H](c2ccc(C(C)(C)C)cc2)N(CCN2CCN(C(=O)NC(C)C)CC2)C1=O. The summed E-state index contributed by atoms with van der Waals surface area (Å²) in [5.74, 6) is 0.261. The molecule has 2 aliphatic heterocycles. The molecule has 0 radical (unpaired) electrons. The van der Waals surface area contributed by atoms with Gasteiger partial charge in [0.1, 0.15) is 5.37 Å². The van der Waals surface area contributed by atoms with Crippen LogP contribution in [-0.4, -0.2) is 77.2 Å². The number of hydrogen-bond acceptors (Lipinski definition) is 4. The van der Waals surface area contributed by atoms with Crippen molar-refractivity contribution in [2.75, 3.05) is 39.3 Å². The van der Waals surface area contributed by atoms with Crippen molar-refractivity contribution in [3.63, 3.8) is 0 Å². The third kappa shape index (κ3) is 5.98. The lowest BCUT2D eigenvalue weighted by Gasteiger charge is -2.36. The number of piperazine rings is 1. The van der Waals surface area contributed by atoms with Crippen molar-refractivity contribution in [3.05, 3.63) is 35.4 Å². The van der Waals surface area contributed by atoms with Crippen LogP contribution in [0, 0.1) is 0 Å². The van der Waals surface area contributed by atoms with E-state index in [9.17, 15) is 9.59 Å². The van der Waals surface area contributed by atoms with Crippen molar-refractivity contribution in [2.24, 2.45) is 0 Å². The average Bonchev–Trinajstić information content (AvgIpc) is 3.07. The normalized spacial score (nSPS) is 22.7. The van der Waals surface area contributed by atoms with Gasteiger partial charge in [-0.1, -0.05) is 52.0 Å². The van der Waals surface area contributed by atoms with E-state index in [-0.39, 0.29) is 34.0 Å². The van der Waals surface area contributed by atoms with Gasteiger partial charge in [-0.3, -0.25) is 9.69 Å². The van der Waals surface area contributed by atoms with Gasteiger partial charge >= 0.3 is 6.03 Å². The zero-order valence-corrected chi connectivity index (χ0v) is 21.4. The Balaban J connectivity index is 1.60. The molecular weight excluding hydrogens is 420 g/mol. The first-order chi connectivity index (χ1) is 15.1. The summed E-state index contributed by atoms with van der Waals surface area (Å²) in [6.07, 6.45) is 0.861. The lowest BCUT2D eigenvalue weighted by Crippen LogP contribution is -2.53. The second-order valence-electron chi connectivity index (χ2n) is 10.2. The molecule has 2 fully saturated rings. The molecule has 0 spiro atoms. The van der Waals surface area contributed by atoms with Gasteiger partial charge in [0.15, 0.2) is 0 Å². The molecule has 0 saturated carbocycles. The monoisotopic (exact) mass is 460 g/mol. The first kappa shape index (κ1) is 24.9. The summed E-state index contributed by atoms with van der Waals surface area (Å²) < 4.78 is 0. The van der Waals surface area contributed by atoms with Crippen LogP contribution in [0.3, 0.4) is 0 Å². The van der Waals surface area contributed by atoms with Gasteiger partial charge in [-0.2, -0.15) is 0 Å². The summed E-state index contributed by atoms with van der Waals surface area (Å²) in [7, 11) is 0. The van der Waals surface area contributed by atoms with Crippen LogP contribution in [-0.2, 0) is 10.2 Å². The maximum Gasteiger partial charge on any atom is 0.317 e. The smallest absolute Gasteiger partial charge is 0.317 e. The van der Waals surface area contributed by atoms with E-state index in [1.165, 1.54) is 11.1 Å². The number of carbonyl (C=O) groups is 2. The second-order valence-corrected chi connectivity index (χ2v) is 11.5. The van der Waals surface area contributed by atoms with Gasteiger partial charge in [0.2, 0.25) is 5.91 Å². The maximum atomic E-state index is 13.1. The zero-order valence-electron chi connectivity index (χ0n) is 20.6. The molecule has 1 N–H and O–H groups in total. The number of carbonyl (C=O) groups excluding carboxylic acids is 2. The Kier molecular flexibility index (Phi) is 8.15. The van der Waals surface area contributed by atoms with Crippen molar-refractivity contribution < 1.29 is 9.59 Å². The van der Waals surface area contributed by atoms with Crippen LogP contribution >= 0.6 is 11.8 Å². The average molecular weight is 461 g/mol. The molecule has 7 heteroatoms. The van der Waals surface area contributed by atoms with Gasteiger partial charge < -0.3 is 15.1 Å². The van der Waals surface area contributed by atoms with Gasteiger partial charge in [-0.25, -0.2) is 4.79 Å². The van der Waals surface area contributed by atoms with Crippen molar-refractivity contribution >= 4 is 23.7 Å². The van der Waals surface area contributed by atoms with Gasteiger partial charge in [0, 0.05) is 45.3 Å². The molecule has 1 aromatic carbocycles. The molecule has 0 aromatic heterocycles. The number of nitrogens with one attached hydrogen (secondary N) is 1. The Morgan fingerprint density at radius 1 is 1.09 bits per heavy atom. The standard InChI is InChI=1S/C25H40N4O2S/c1-7-21-22(30)29(23(32-21)19-8-10-20(11-9-19)25(4,5)6)17-14-27-12-15-28(16-13-27)24(31)26-18(2)3/h8-11,18,21,23H,7,12-17H2,1-6H3,(H,26,31)/t21-,23+/m1/s1. The third-order valence-electron chi connectivity index (χ3n) is 6.30. The predicted octanol–water partition coefficient (Wildman–Crippen LogP) is 4.07. The molecule has 2 saturated heterocycles. The summed E-state index contributed by atoms with van der Waals surface area (Å²) >= 11 is 1.79. The molecule has 0 aliphatic carbocycles. The minimum atomic E-state index is 0.0235. The van der Waals surface area contributed by atoms with Crippen molar-refractivity contribution in [2.45, 2.75) is 70.0 Å². The van der Waals surface area contributed by atoms with Crippen molar-refractivity contribution in [1.82, 2.24) is 20.0 Å². The van der Waals surface area contributed by atoms with E-state index < -0.39 is 0 Å². The Hall–Kier alpha value is -1.73. The predicted molar refractivity (Wildman–Crippen MR) is 133 cm³/mol. The fourth-order valence-electron chi connectivity index (χ4n) is 4.25. The molecule has 3 rings (SSSR count). The third-order valence-corrected chi connectivity index (χ3v) is 7.94. The van der Waals surface area contributed by atoms with Crippen LogP contribution in [0.4, 0.5) is 4.79 Å². The van der Waals surface area contributed by atoms with E-state index in [0.29, 0.717) is 0 Å². The molecule has 2 atom stereocenters. The summed E-state index contributed by atoms with van der Waals surface area (Å²) in [5, 5.41) is 3.09. The highest BCUT2D eigenvalue weighted by Crippen LogP contribution is 2.44. The lowest BCUT2D eigenvalue weighted by atomic mass is 9.86. The number of rotatable bonds is 6. The molecule has 32 heavy (non-hydrogen) atoms. The maximum absolute atomic E-state index is 13.1. The number of thioether (sulfide) groups is 1. The van der Waals surface area contributed by atoms with Crippen molar-refractivity contribution in [3.8, 4) is 0 Å². The van der Waals surface area contributed by atoms with Gasteiger partial charge in [0.25, 0.3) is 0 Å². The Morgan fingerprint density at radius 2 is 1.72 bits per heavy atom. The fraction of sp³-hybridized carbons (Fsp3) is 0.680. The first-order valence-electron chi connectivity index (χ1n) is 11.9. The number of benzene rings is 1. The molecule has 6 nitrogen and oxygen atoms in total. The highest BCUT2D eigenvalue weighted by atomic mass is 32.2. The Labute approximate surface area is 198 Å². The van der Waals surface area contributed by atoms with Gasteiger partial charge in [-0.15, -0.1) is 11.8 Å². The molecule has 178 valence electrons. The minimum absolute atomic E-state index is 0.0235. The molecule has 2 heterocycles. The van der Waals surface area contributed by atoms with E-state index in [4.69, 9.17) is 0 Å². The highest BCUT2D eigenvalue weighted by Gasteiger charge is 2.40. The molecule has 2 aliphatic rings. The molecule has 3 amide bonds. The van der Waals surface area contributed by atoms with Gasteiger partial charge in [-0.05, 0) is 36.8 Å². The summed E-state index contributed by atoms with van der Waals surface area (Å²) in [4.78, 5) is 31.6. The fourth-order valence-corrected chi connectivity index (χ4v) is 5.68. The van der Waals surface area contributed by atoms with Crippen LogP contribution in [0.1, 0.15) is 64.5 Å². The Bertz CT molecular complexity index is 782. The summed E-state index contributed by atoms with van der Waals surface area (Å²) in [6.45, 7) is 17.5. The van der Waals surface area contributed by atoms with E-state index in [0.717, 1.165) is 45.7 Å². The minimum Gasteiger partial charge on any atom is -0.336 e. The first-order valence-corrected chi connectivity index (χ1v) is 12.9. The zero-order chi connectivity index (χ0) is 23.5. The van der Waals surface area contributed by atoms with E-state index in [1.54, 1.807) is 11.8 Å². The van der Waals surface area contributed by atoms with Crippen molar-refractivity contribution in [1.29, 1.82) is 0 Å². The van der Waals surface area contributed by atoms with Gasteiger partial charge in [0.05, 0.1) is 5.25 Å². The van der Waals surface area contributed by atoms with Crippen LogP contribution in [0.15, 0.2) is 24.3 Å². The number of hydrogen-bond donors (Lipinski definition) is 1. The quantitative estimate of drug-likeness (QED) is 0.695. The highest BCUT2D eigenvalue weighted by molar-refractivity contribution is 8.01. The van der Waals surface area contributed by atoms with Crippen LogP contribution in [0.25, 0.3) is 0 Å². The number of urea groups is 1. The van der Waals surface area contributed by atoms with E-state index in [2.05, 4.69) is 67.1 Å². The van der Waals surface area contributed by atoms with E-state index >= 15 is 0 Å². The molecule has 0 bridgehead atoms. The summed E-state index contributed by atoms with van der Waals surface area (Å²) in [6, 6.07) is 8.99. The topological polar surface area (TPSA) is 55.9 Å². The summed E-state index contributed by atoms with van der Waals surface area (Å²) in [5.41, 5.74) is 2.65. The molecule has 1 aromatic rings. The van der Waals surface area contributed by atoms with E-state index in [1.807, 2.05) is 18.7 Å².